The smallest absolute Gasteiger partial charge is 0.368 e. The Bertz CT molecular complexity index is 1290. The highest BCUT2D eigenvalue weighted by molar-refractivity contribution is 6.02. The van der Waals surface area contributed by atoms with Crippen molar-refractivity contribution in [3.63, 3.8) is 0 Å². The van der Waals surface area contributed by atoms with Gasteiger partial charge in [-0.2, -0.15) is 17.6 Å². The molecule has 0 bridgehead atoms. The Labute approximate surface area is 172 Å². The van der Waals surface area contributed by atoms with Crippen molar-refractivity contribution >= 4 is 28.3 Å². The van der Waals surface area contributed by atoms with E-state index in [1.165, 1.54) is 37.4 Å². The lowest BCUT2D eigenvalue weighted by atomic mass is 10.0. The number of halogens is 4. The summed E-state index contributed by atoms with van der Waals surface area (Å²) in [6.07, 6.45) is -3.60. The van der Waals surface area contributed by atoms with Gasteiger partial charge in [-0.05, 0) is 36.9 Å². The number of allylic oxidation sites excluding steroid dienone is 3. The number of primary amides is 1. The fourth-order valence-corrected chi connectivity index (χ4v) is 2.99. The molecule has 1 aromatic heterocycles. The first-order chi connectivity index (χ1) is 14.5. The number of pyridine rings is 1. The Morgan fingerprint density at radius 1 is 1.19 bits per heavy atom. The van der Waals surface area contributed by atoms with Crippen molar-refractivity contribution in [2.45, 2.75) is 25.6 Å². The van der Waals surface area contributed by atoms with E-state index in [-0.39, 0.29) is 16.6 Å². The van der Waals surface area contributed by atoms with Crippen LogP contribution < -0.4 is 16.6 Å². The van der Waals surface area contributed by atoms with Crippen molar-refractivity contribution in [1.29, 1.82) is 0 Å². The largest absolute Gasteiger partial charge is 0.419 e. The van der Waals surface area contributed by atoms with Crippen LogP contribution in [-0.2, 0) is 9.59 Å². The second-order valence-corrected chi connectivity index (χ2v) is 6.74. The number of rotatable bonds is 5. The molecule has 2 aromatic rings. The molecule has 1 heterocycles. The van der Waals surface area contributed by atoms with E-state index < -0.39 is 47.4 Å². The molecule has 2 amide bonds. The van der Waals surface area contributed by atoms with Gasteiger partial charge in [-0.15, -0.1) is 0 Å². The highest BCUT2D eigenvalue weighted by atomic mass is 19.4. The van der Waals surface area contributed by atoms with E-state index in [0.717, 1.165) is 4.57 Å². The van der Waals surface area contributed by atoms with Crippen LogP contribution in [0.2, 0.25) is 0 Å². The van der Waals surface area contributed by atoms with Gasteiger partial charge in [-0.3, -0.25) is 14.4 Å². The molecule has 1 aliphatic rings. The Kier molecular flexibility index (Phi) is 5.71. The van der Waals surface area contributed by atoms with Gasteiger partial charge in [0.1, 0.15) is 11.6 Å². The lowest BCUT2D eigenvalue weighted by Crippen LogP contribution is -2.31. The van der Waals surface area contributed by atoms with Gasteiger partial charge >= 0.3 is 6.18 Å². The van der Waals surface area contributed by atoms with Crippen molar-refractivity contribution in [3.8, 4) is 0 Å². The van der Waals surface area contributed by atoms with Crippen LogP contribution in [0.25, 0.3) is 10.8 Å². The first kappa shape index (κ1) is 21.8. The van der Waals surface area contributed by atoms with E-state index in [9.17, 15) is 31.9 Å². The number of amides is 2. The zero-order valence-electron chi connectivity index (χ0n) is 16.0. The maximum atomic E-state index is 13.3. The molecule has 10 heteroatoms. The molecule has 1 aromatic carbocycles. The first-order valence-electron chi connectivity index (χ1n) is 8.91. The highest BCUT2D eigenvalue weighted by Gasteiger charge is 2.37. The molecule has 0 aliphatic heterocycles. The molecule has 0 saturated carbocycles. The highest BCUT2D eigenvalue weighted by Crippen LogP contribution is 2.34. The maximum absolute atomic E-state index is 13.3. The van der Waals surface area contributed by atoms with E-state index in [1.54, 1.807) is 5.73 Å². The van der Waals surface area contributed by atoms with Gasteiger partial charge in [0, 0.05) is 28.2 Å². The minimum absolute atomic E-state index is 0.203. The molecule has 0 radical (unpaired) electrons. The summed E-state index contributed by atoms with van der Waals surface area (Å²) in [5, 5.41) is 3.08. The fraction of sp³-hybridized carbons (Fsp3) is 0.190. The minimum atomic E-state index is -4.93. The lowest BCUT2D eigenvalue weighted by molar-refractivity contribution is -0.120. The maximum Gasteiger partial charge on any atom is 0.419 e. The molecule has 1 atom stereocenters. The molecule has 3 rings (SSSR count). The summed E-state index contributed by atoms with van der Waals surface area (Å²) in [6.45, 7) is 1.46. The average molecular weight is 433 g/mol. The molecule has 160 valence electrons. The third-order valence-electron chi connectivity index (χ3n) is 4.62. The molecule has 0 saturated heterocycles. The first-order valence-corrected chi connectivity index (χ1v) is 8.91. The Hall–Kier alpha value is -3.87. The van der Waals surface area contributed by atoms with E-state index in [1.807, 2.05) is 0 Å². The summed E-state index contributed by atoms with van der Waals surface area (Å²) < 4.78 is 53.0. The van der Waals surface area contributed by atoms with Crippen LogP contribution in [-0.4, -0.2) is 22.6 Å². The zero-order chi connectivity index (χ0) is 22.9. The topological polar surface area (TPSA) is 94.2 Å². The van der Waals surface area contributed by atoms with Gasteiger partial charge in [0.2, 0.25) is 11.8 Å². The predicted molar refractivity (Wildman–Crippen MR) is 105 cm³/mol. The van der Waals surface area contributed by atoms with Crippen molar-refractivity contribution in [3.05, 3.63) is 75.3 Å². The lowest BCUT2D eigenvalue weighted by Gasteiger charge is -2.14. The van der Waals surface area contributed by atoms with Gasteiger partial charge < -0.3 is 15.6 Å². The Morgan fingerprint density at radius 2 is 1.90 bits per heavy atom. The number of carbonyl (C=O) groups excluding carboxylic acids is 2. The van der Waals surface area contributed by atoms with Gasteiger partial charge in [-0.1, -0.05) is 11.8 Å². The Balaban J connectivity index is 1.89. The Morgan fingerprint density at radius 3 is 2.55 bits per heavy atom. The fourth-order valence-electron chi connectivity index (χ4n) is 2.99. The molecular formula is C21H15F4N3O3. The van der Waals surface area contributed by atoms with Crippen LogP contribution in [0.5, 0.6) is 0 Å². The second kappa shape index (κ2) is 8.10. The number of hydrogen-bond donors (Lipinski definition) is 2. The predicted octanol–water partition coefficient (Wildman–Crippen LogP) is 3.41. The molecular weight excluding hydrogens is 418 g/mol. The van der Waals surface area contributed by atoms with E-state index in [2.05, 4.69) is 11.0 Å². The molecule has 0 spiro atoms. The number of nitrogens with one attached hydrogen (secondary N) is 1. The summed E-state index contributed by atoms with van der Waals surface area (Å²) in [7, 11) is 0. The monoisotopic (exact) mass is 433 g/mol. The summed E-state index contributed by atoms with van der Waals surface area (Å²) in [4.78, 5) is 36.4. The van der Waals surface area contributed by atoms with Crippen molar-refractivity contribution < 1.29 is 27.2 Å². The summed E-state index contributed by atoms with van der Waals surface area (Å²) >= 11 is 0. The van der Waals surface area contributed by atoms with Crippen molar-refractivity contribution in [2.24, 2.45) is 5.73 Å². The number of fused-ring (bicyclic) bond motifs is 1. The van der Waals surface area contributed by atoms with E-state index in [0.29, 0.717) is 11.5 Å². The van der Waals surface area contributed by atoms with Crippen LogP contribution in [0.15, 0.2) is 69.8 Å². The molecule has 6 nitrogen and oxygen atoms in total. The standard InChI is InChI=1S/C21H15F4N3O3/c1-11(19(26)30)28-8-7-13-14(20(28)31)3-2-4-17(13)27-18(29)10-12-5-6-16(22)15(9-12)21(23,24)25/h2-4,7-9,11H,10H2,1H3,(H2,26,30)(H,27,29)/t11-/m0/s1. The van der Waals surface area contributed by atoms with Crippen LogP contribution in [0, 0.1) is 0 Å². The van der Waals surface area contributed by atoms with Crippen LogP contribution in [0.1, 0.15) is 19.4 Å². The SMILES string of the molecule is C[C@@H](C(N)=O)n1ccc2c(NC(=O)CC3=C=C=C(F)C(C(F)(F)F)=C3)cccc2c1=O. The van der Waals surface area contributed by atoms with Gasteiger partial charge in [0.05, 0.1) is 6.42 Å². The van der Waals surface area contributed by atoms with Crippen LogP contribution in [0.4, 0.5) is 23.2 Å². The van der Waals surface area contributed by atoms with Crippen LogP contribution >= 0.6 is 0 Å². The molecule has 3 N–H and O–H groups in total. The molecule has 31 heavy (non-hydrogen) atoms. The molecule has 0 unspecified atom stereocenters. The number of aromatic nitrogens is 1. The van der Waals surface area contributed by atoms with Crippen LogP contribution in [0.3, 0.4) is 0 Å². The van der Waals surface area contributed by atoms with Crippen molar-refractivity contribution in [1.82, 2.24) is 4.57 Å². The van der Waals surface area contributed by atoms with E-state index in [4.69, 9.17) is 5.73 Å². The quantitative estimate of drug-likeness (QED) is 0.559. The average Bonchev–Trinajstić information content (AvgIpc) is 2.69. The normalized spacial score (nSPS) is 14.5. The second-order valence-electron chi connectivity index (χ2n) is 6.74. The molecule has 1 aliphatic carbocycles. The third kappa shape index (κ3) is 4.50. The number of alkyl halides is 3. The van der Waals surface area contributed by atoms with Gasteiger partial charge in [-0.25, -0.2) is 0 Å². The number of carbonyl (C=O) groups is 2. The van der Waals surface area contributed by atoms with E-state index >= 15 is 0 Å². The summed E-state index contributed by atoms with van der Waals surface area (Å²) in [5.74, 6) is -3.00. The van der Waals surface area contributed by atoms with Gasteiger partial charge in [0.15, 0.2) is 5.83 Å². The van der Waals surface area contributed by atoms with Crippen molar-refractivity contribution in [2.75, 3.05) is 5.32 Å². The summed E-state index contributed by atoms with van der Waals surface area (Å²) in [6, 6.07) is 5.12. The minimum Gasteiger partial charge on any atom is -0.368 e. The zero-order valence-corrected chi connectivity index (χ0v) is 16.0. The summed E-state index contributed by atoms with van der Waals surface area (Å²) in [5.41, 5.74) is 7.15. The molecule has 0 fully saturated rings. The van der Waals surface area contributed by atoms with Gasteiger partial charge in [0.25, 0.3) is 5.56 Å². The number of hydrogen-bond acceptors (Lipinski definition) is 3. The third-order valence-corrected chi connectivity index (χ3v) is 4.62. The number of benzene rings is 1. The number of nitrogens with zero attached hydrogens (tertiary/aromatic N) is 1. The number of nitrogens with two attached hydrogens (primary N) is 1. The number of anilines is 1.